The molecule has 0 aliphatic carbocycles. The van der Waals surface area contributed by atoms with Gasteiger partial charge in [0, 0.05) is 12.5 Å². The van der Waals surface area contributed by atoms with E-state index in [0.717, 1.165) is 40.1 Å². The smallest absolute Gasteiger partial charge is 0.234 e. The highest BCUT2D eigenvalue weighted by molar-refractivity contribution is 7.16. The summed E-state index contributed by atoms with van der Waals surface area (Å²) in [6.45, 7) is 2.52. The van der Waals surface area contributed by atoms with Gasteiger partial charge in [-0.2, -0.15) is 9.61 Å². The van der Waals surface area contributed by atoms with Crippen LogP contribution in [0.1, 0.15) is 24.2 Å². The molecule has 0 aliphatic rings. The van der Waals surface area contributed by atoms with Gasteiger partial charge in [-0.15, -0.1) is 10.2 Å². The molecule has 0 aliphatic heterocycles. The minimum atomic E-state index is 0.409. The van der Waals surface area contributed by atoms with E-state index in [2.05, 4.69) is 22.2 Å². The fraction of sp³-hybridized carbons (Fsp3) is 0.357. The maximum atomic E-state index is 5.74. The summed E-state index contributed by atoms with van der Waals surface area (Å²) < 4.78 is 12.7. The van der Waals surface area contributed by atoms with Crippen LogP contribution in [0.3, 0.4) is 0 Å². The lowest BCUT2D eigenvalue weighted by Gasteiger charge is -2.05. The zero-order chi connectivity index (χ0) is 14.7. The molecule has 0 bridgehead atoms. The Morgan fingerprint density at radius 2 is 2.10 bits per heavy atom. The number of nitrogens with zero attached hydrogens (tertiary/aromatic N) is 4. The third kappa shape index (κ3) is 2.97. The Labute approximate surface area is 126 Å². The number of hydrogen-bond donors (Lipinski definition) is 0. The van der Waals surface area contributed by atoms with E-state index in [1.54, 1.807) is 11.6 Å². The predicted octanol–water partition coefficient (Wildman–Crippen LogP) is 2.73. The number of benzene rings is 1. The summed E-state index contributed by atoms with van der Waals surface area (Å²) in [6, 6.07) is 7.52. The van der Waals surface area contributed by atoms with Crippen molar-refractivity contribution in [3.05, 3.63) is 35.1 Å². The SMILES string of the molecule is CCCc1nnc2sc(COc3cccc(OC)c3)nn12. The van der Waals surface area contributed by atoms with Crippen molar-refractivity contribution in [2.75, 3.05) is 7.11 Å². The molecule has 0 N–H and O–H groups in total. The molecule has 110 valence electrons. The molecular weight excluding hydrogens is 288 g/mol. The van der Waals surface area contributed by atoms with E-state index in [9.17, 15) is 0 Å². The van der Waals surface area contributed by atoms with E-state index in [4.69, 9.17) is 9.47 Å². The van der Waals surface area contributed by atoms with Crippen LogP contribution in [0.15, 0.2) is 24.3 Å². The summed E-state index contributed by atoms with van der Waals surface area (Å²) >= 11 is 1.50. The topological polar surface area (TPSA) is 61.5 Å². The van der Waals surface area contributed by atoms with E-state index in [0.29, 0.717) is 6.61 Å². The molecule has 3 aromatic rings. The minimum absolute atomic E-state index is 0.409. The lowest BCUT2D eigenvalue weighted by molar-refractivity contribution is 0.301. The van der Waals surface area contributed by atoms with Gasteiger partial charge in [-0.3, -0.25) is 0 Å². The van der Waals surface area contributed by atoms with Crippen molar-refractivity contribution in [1.29, 1.82) is 0 Å². The Kier molecular flexibility index (Phi) is 4.01. The molecule has 6 nitrogen and oxygen atoms in total. The number of ether oxygens (including phenoxy) is 2. The fourth-order valence-corrected chi connectivity index (χ4v) is 2.74. The number of aryl methyl sites for hydroxylation is 1. The van der Waals surface area contributed by atoms with E-state index in [-0.39, 0.29) is 0 Å². The molecular formula is C14H16N4O2S. The standard InChI is InChI=1S/C14H16N4O2S/c1-3-5-12-15-16-14-18(12)17-13(21-14)9-20-11-7-4-6-10(8-11)19-2/h4,6-8H,3,5,9H2,1-2H3. The van der Waals surface area contributed by atoms with Gasteiger partial charge in [-0.1, -0.05) is 24.3 Å². The molecule has 2 aromatic heterocycles. The molecule has 0 saturated heterocycles. The van der Waals surface area contributed by atoms with Gasteiger partial charge in [0.25, 0.3) is 0 Å². The molecule has 0 amide bonds. The summed E-state index contributed by atoms with van der Waals surface area (Å²) in [5, 5.41) is 13.6. The summed E-state index contributed by atoms with van der Waals surface area (Å²) in [5.74, 6) is 2.43. The molecule has 1 aromatic carbocycles. The van der Waals surface area contributed by atoms with Gasteiger partial charge in [0.1, 0.15) is 18.1 Å². The Morgan fingerprint density at radius 1 is 1.24 bits per heavy atom. The van der Waals surface area contributed by atoms with Crippen LogP contribution in [0.25, 0.3) is 4.96 Å². The molecule has 0 radical (unpaired) electrons. The van der Waals surface area contributed by atoms with Crippen molar-refractivity contribution in [2.45, 2.75) is 26.4 Å². The molecule has 2 heterocycles. The zero-order valence-electron chi connectivity index (χ0n) is 11.9. The summed E-state index contributed by atoms with van der Waals surface area (Å²) in [5.41, 5.74) is 0. The lowest BCUT2D eigenvalue weighted by atomic mass is 10.3. The van der Waals surface area contributed by atoms with Crippen LogP contribution in [-0.2, 0) is 13.0 Å². The third-order valence-corrected chi connectivity index (χ3v) is 3.85. The lowest BCUT2D eigenvalue weighted by Crippen LogP contribution is -1.99. The number of fused-ring (bicyclic) bond motifs is 1. The first kappa shape index (κ1) is 13.8. The van der Waals surface area contributed by atoms with Crippen molar-refractivity contribution in [3.8, 4) is 11.5 Å². The first-order chi connectivity index (χ1) is 10.3. The monoisotopic (exact) mass is 304 g/mol. The number of rotatable bonds is 6. The molecule has 3 rings (SSSR count). The molecule has 7 heteroatoms. The zero-order valence-corrected chi connectivity index (χ0v) is 12.8. The summed E-state index contributed by atoms with van der Waals surface area (Å²) in [6.07, 6.45) is 1.90. The van der Waals surface area contributed by atoms with Gasteiger partial charge in [-0.25, -0.2) is 0 Å². The Morgan fingerprint density at radius 3 is 2.90 bits per heavy atom. The van der Waals surface area contributed by atoms with Crippen molar-refractivity contribution < 1.29 is 9.47 Å². The van der Waals surface area contributed by atoms with Crippen molar-refractivity contribution >= 4 is 16.3 Å². The van der Waals surface area contributed by atoms with E-state index in [1.807, 2.05) is 24.3 Å². The summed E-state index contributed by atoms with van der Waals surface area (Å²) in [4.78, 5) is 0.808. The van der Waals surface area contributed by atoms with Gasteiger partial charge < -0.3 is 9.47 Å². The van der Waals surface area contributed by atoms with Gasteiger partial charge in [0.2, 0.25) is 4.96 Å². The molecule has 0 saturated carbocycles. The quantitative estimate of drug-likeness (QED) is 0.700. The van der Waals surface area contributed by atoms with Crippen LogP contribution in [0.4, 0.5) is 0 Å². The Bertz CT molecular complexity index is 737. The minimum Gasteiger partial charge on any atom is -0.497 e. The van der Waals surface area contributed by atoms with Crippen molar-refractivity contribution in [3.63, 3.8) is 0 Å². The van der Waals surface area contributed by atoms with Crippen molar-refractivity contribution in [2.24, 2.45) is 0 Å². The van der Waals surface area contributed by atoms with E-state index >= 15 is 0 Å². The average Bonchev–Trinajstić information content (AvgIpc) is 3.07. The third-order valence-electron chi connectivity index (χ3n) is 2.97. The number of methoxy groups -OCH3 is 1. The van der Waals surface area contributed by atoms with Gasteiger partial charge in [-0.05, 0) is 18.6 Å². The summed E-state index contributed by atoms with van der Waals surface area (Å²) in [7, 11) is 1.64. The first-order valence-electron chi connectivity index (χ1n) is 6.77. The largest absolute Gasteiger partial charge is 0.497 e. The second-order valence-corrected chi connectivity index (χ2v) is 5.56. The molecule has 0 unspecified atom stereocenters. The number of hydrogen-bond acceptors (Lipinski definition) is 6. The molecule has 0 atom stereocenters. The predicted molar refractivity (Wildman–Crippen MR) is 80.0 cm³/mol. The Balaban J connectivity index is 1.72. The van der Waals surface area contributed by atoms with E-state index in [1.165, 1.54) is 11.3 Å². The second kappa shape index (κ2) is 6.09. The fourth-order valence-electron chi connectivity index (χ4n) is 1.97. The Hall–Kier alpha value is -2.15. The van der Waals surface area contributed by atoms with Crippen LogP contribution in [0, 0.1) is 0 Å². The normalized spacial score (nSPS) is 11.0. The van der Waals surface area contributed by atoms with Crippen LogP contribution in [0.2, 0.25) is 0 Å². The van der Waals surface area contributed by atoms with Crippen LogP contribution < -0.4 is 9.47 Å². The van der Waals surface area contributed by atoms with Gasteiger partial charge in [0.05, 0.1) is 7.11 Å². The van der Waals surface area contributed by atoms with Crippen LogP contribution in [-0.4, -0.2) is 26.9 Å². The highest BCUT2D eigenvalue weighted by Gasteiger charge is 2.11. The average molecular weight is 304 g/mol. The molecule has 0 fully saturated rings. The number of aromatic nitrogens is 4. The molecule has 21 heavy (non-hydrogen) atoms. The molecule has 0 spiro atoms. The van der Waals surface area contributed by atoms with Gasteiger partial charge in [0.15, 0.2) is 10.8 Å². The highest BCUT2D eigenvalue weighted by Crippen LogP contribution is 2.21. The van der Waals surface area contributed by atoms with Gasteiger partial charge >= 0.3 is 0 Å². The maximum Gasteiger partial charge on any atom is 0.234 e. The van der Waals surface area contributed by atoms with Crippen molar-refractivity contribution in [1.82, 2.24) is 19.8 Å². The van der Waals surface area contributed by atoms with Crippen LogP contribution >= 0.6 is 11.3 Å². The second-order valence-electron chi connectivity index (χ2n) is 4.52. The van der Waals surface area contributed by atoms with Crippen LogP contribution in [0.5, 0.6) is 11.5 Å². The first-order valence-corrected chi connectivity index (χ1v) is 7.58. The van der Waals surface area contributed by atoms with E-state index < -0.39 is 0 Å². The maximum absolute atomic E-state index is 5.74. The highest BCUT2D eigenvalue weighted by atomic mass is 32.1.